The predicted molar refractivity (Wildman–Crippen MR) is 78.3 cm³/mol. The van der Waals surface area contributed by atoms with Crippen molar-refractivity contribution in [3.05, 3.63) is 35.4 Å². The first kappa shape index (κ1) is 17.3. The molecule has 1 aliphatic carbocycles. The average Bonchev–Trinajstić information content (AvgIpc) is 3.04. The van der Waals surface area contributed by atoms with Crippen LogP contribution in [0.15, 0.2) is 24.3 Å². The standard InChI is InChI=1S/C16H19F3N2O2/c17-16(18,19)13-7-3-4-11(8-13)9-20-14(22)10-21-15(23)12-5-1-2-6-12/h3-4,7-8,12H,1-2,5-6,9-10H2,(H,20,22)(H,21,23). The number of halogens is 3. The molecule has 1 saturated carbocycles. The zero-order chi connectivity index (χ0) is 16.9. The fourth-order valence-corrected chi connectivity index (χ4v) is 2.62. The molecule has 0 heterocycles. The van der Waals surface area contributed by atoms with Gasteiger partial charge < -0.3 is 10.6 Å². The number of amides is 2. The van der Waals surface area contributed by atoms with Crippen molar-refractivity contribution >= 4 is 11.8 Å². The summed E-state index contributed by atoms with van der Waals surface area (Å²) in [6.45, 7) is -0.170. The number of carbonyl (C=O) groups is 2. The van der Waals surface area contributed by atoms with Gasteiger partial charge in [0.2, 0.25) is 11.8 Å². The van der Waals surface area contributed by atoms with Gasteiger partial charge in [0.15, 0.2) is 0 Å². The van der Waals surface area contributed by atoms with Crippen molar-refractivity contribution in [3.8, 4) is 0 Å². The van der Waals surface area contributed by atoms with Crippen molar-refractivity contribution in [2.24, 2.45) is 5.92 Å². The van der Waals surface area contributed by atoms with Crippen LogP contribution in [-0.4, -0.2) is 18.4 Å². The minimum atomic E-state index is -4.41. The number of rotatable bonds is 5. The molecule has 1 aliphatic rings. The topological polar surface area (TPSA) is 58.2 Å². The van der Waals surface area contributed by atoms with Gasteiger partial charge in [-0.1, -0.05) is 25.0 Å². The fraction of sp³-hybridized carbons (Fsp3) is 0.500. The molecular formula is C16H19F3N2O2. The molecule has 0 aliphatic heterocycles. The lowest BCUT2D eigenvalue weighted by Crippen LogP contribution is -2.38. The molecule has 2 N–H and O–H groups in total. The summed E-state index contributed by atoms with van der Waals surface area (Å²) in [5.74, 6) is -0.572. The third-order valence-electron chi connectivity index (χ3n) is 3.89. The van der Waals surface area contributed by atoms with Gasteiger partial charge in [0.1, 0.15) is 0 Å². The molecule has 1 aromatic rings. The largest absolute Gasteiger partial charge is 0.416 e. The van der Waals surface area contributed by atoms with E-state index in [1.54, 1.807) is 0 Å². The van der Waals surface area contributed by atoms with E-state index in [2.05, 4.69) is 10.6 Å². The van der Waals surface area contributed by atoms with Crippen LogP contribution in [0, 0.1) is 5.92 Å². The Morgan fingerprint density at radius 3 is 2.48 bits per heavy atom. The highest BCUT2D eigenvalue weighted by Crippen LogP contribution is 2.29. The molecule has 7 heteroatoms. The summed E-state index contributed by atoms with van der Waals surface area (Å²) in [6.07, 6.45) is -0.662. The first-order valence-corrected chi connectivity index (χ1v) is 7.57. The summed E-state index contributed by atoms with van der Waals surface area (Å²) in [5, 5.41) is 5.07. The van der Waals surface area contributed by atoms with E-state index < -0.39 is 17.6 Å². The highest BCUT2D eigenvalue weighted by molar-refractivity contribution is 5.85. The second-order valence-corrected chi connectivity index (χ2v) is 5.67. The Kier molecular flexibility index (Phi) is 5.63. The number of hydrogen-bond acceptors (Lipinski definition) is 2. The van der Waals surface area contributed by atoms with Gasteiger partial charge in [0.25, 0.3) is 0 Å². The van der Waals surface area contributed by atoms with E-state index in [1.807, 2.05) is 0 Å². The van der Waals surface area contributed by atoms with Crippen LogP contribution in [0.25, 0.3) is 0 Å². The first-order chi connectivity index (χ1) is 10.9. The van der Waals surface area contributed by atoms with Crippen LogP contribution in [0.5, 0.6) is 0 Å². The zero-order valence-corrected chi connectivity index (χ0v) is 12.6. The minimum Gasteiger partial charge on any atom is -0.350 e. The van der Waals surface area contributed by atoms with Crippen molar-refractivity contribution in [3.63, 3.8) is 0 Å². The maximum atomic E-state index is 12.6. The van der Waals surface area contributed by atoms with Crippen molar-refractivity contribution in [2.75, 3.05) is 6.54 Å². The third-order valence-corrected chi connectivity index (χ3v) is 3.89. The minimum absolute atomic E-state index is 0.0119. The highest BCUT2D eigenvalue weighted by atomic mass is 19.4. The molecule has 1 aromatic carbocycles. The lowest BCUT2D eigenvalue weighted by Gasteiger charge is -2.11. The first-order valence-electron chi connectivity index (χ1n) is 7.57. The smallest absolute Gasteiger partial charge is 0.350 e. The summed E-state index contributed by atoms with van der Waals surface area (Å²) in [6, 6.07) is 4.78. The van der Waals surface area contributed by atoms with E-state index in [1.165, 1.54) is 12.1 Å². The van der Waals surface area contributed by atoms with Gasteiger partial charge in [0.05, 0.1) is 12.1 Å². The molecule has 23 heavy (non-hydrogen) atoms. The van der Waals surface area contributed by atoms with Crippen LogP contribution >= 0.6 is 0 Å². The lowest BCUT2D eigenvalue weighted by molar-refractivity contribution is -0.137. The van der Waals surface area contributed by atoms with E-state index in [-0.39, 0.29) is 24.9 Å². The number of nitrogens with one attached hydrogen (secondary N) is 2. The quantitative estimate of drug-likeness (QED) is 0.873. The van der Waals surface area contributed by atoms with Gasteiger partial charge >= 0.3 is 6.18 Å². The summed E-state index contributed by atoms with van der Waals surface area (Å²) in [5.41, 5.74) is -0.394. The number of benzene rings is 1. The molecule has 0 spiro atoms. The summed E-state index contributed by atoms with van der Waals surface area (Å²) < 4.78 is 37.8. The number of hydrogen-bond donors (Lipinski definition) is 2. The zero-order valence-electron chi connectivity index (χ0n) is 12.6. The molecule has 0 aromatic heterocycles. The van der Waals surface area contributed by atoms with Crippen molar-refractivity contribution in [2.45, 2.75) is 38.4 Å². The molecule has 2 rings (SSSR count). The SMILES string of the molecule is O=C(CNC(=O)C1CCCC1)NCc1cccc(C(F)(F)F)c1. The van der Waals surface area contributed by atoms with E-state index in [0.29, 0.717) is 5.56 Å². The Morgan fingerprint density at radius 1 is 1.13 bits per heavy atom. The molecule has 0 saturated heterocycles. The van der Waals surface area contributed by atoms with Crippen LogP contribution in [-0.2, 0) is 22.3 Å². The van der Waals surface area contributed by atoms with Crippen molar-refractivity contribution in [1.29, 1.82) is 0 Å². The Balaban J connectivity index is 1.77. The molecule has 0 radical (unpaired) electrons. The molecule has 1 fully saturated rings. The normalized spacial score (nSPS) is 15.4. The van der Waals surface area contributed by atoms with Crippen LogP contribution in [0.3, 0.4) is 0 Å². The Hall–Kier alpha value is -2.05. The summed E-state index contributed by atoms with van der Waals surface area (Å²) in [4.78, 5) is 23.4. The average molecular weight is 328 g/mol. The Bertz CT molecular complexity index is 567. The molecule has 0 atom stereocenters. The second kappa shape index (κ2) is 7.48. The second-order valence-electron chi connectivity index (χ2n) is 5.67. The molecule has 0 bridgehead atoms. The van der Waals surface area contributed by atoms with E-state index in [9.17, 15) is 22.8 Å². The number of alkyl halides is 3. The summed E-state index contributed by atoms with van der Waals surface area (Å²) >= 11 is 0. The van der Waals surface area contributed by atoms with Gasteiger partial charge in [-0.2, -0.15) is 13.2 Å². The van der Waals surface area contributed by atoms with Gasteiger partial charge in [-0.3, -0.25) is 9.59 Å². The van der Waals surface area contributed by atoms with Crippen LogP contribution in [0.2, 0.25) is 0 Å². The van der Waals surface area contributed by atoms with E-state index in [0.717, 1.165) is 37.8 Å². The lowest BCUT2D eigenvalue weighted by atomic mass is 10.1. The highest BCUT2D eigenvalue weighted by Gasteiger charge is 2.30. The molecule has 2 amide bonds. The fourth-order valence-electron chi connectivity index (χ4n) is 2.62. The molecular weight excluding hydrogens is 309 g/mol. The van der Waals surface area contributed by atoms with E-state index in [4.69, 9.17) is 0 Å². The molecule has 126 valence electrons. The Labute approximate surface area is 132 Å². The Morgan fingerprint density at radius 2 is 1.83 bits per heavy atom. The van der Waals surface area contributed by atoms with Crippen molar-refractivity contribution in [1.82, 2.24) is 10.6 Å². The van der Waals surface area contributed by atoms with Crippen LogP contribution in [0.4, 0.5) is 13.2 Å². The maximum absolute atomic E-state index is 12.6. The molecule has 0 unspecified atom stereocenters. The van der Waals surface area contributed by atoms with Crippen LogP contribution < -0.4 is 10.6 Å². The predicted octanol–water partition coefficient (Wildman–Crippen LogP) is 2.63. The van der Waals surface area contributed by atoms with E-state index >= 15 is 0 Å². The third kappa shape index (κ3) is 5.26. The van der Waals surface area contributed by atoms with Gasteiger partial charge in [-0.25, -0.2) is 0 Å². The number of carbonyl (C=O) groups excluding carboxylic acids is 2. The molecule has 4 nitrogen and oxygen atoms in total. The summed E-state index contributed by atoms with van der Waals surface area (Å²) in [7, 11) is 0. The van der Waals surface area contributed by atoms with Gasteiger partial charge in [-0.15, -0.1) is 0 Å². The monoisotopic (exact) mass is 328 g/mol. The van der Waals surface area contributed by atoms with Crippen LogP contribution in [0.1, 0.15) is 36.8 Å². The van der Waals surface area contributed by atoms with Gasteiger partial charge in [0, 0.05) is 12.5 Å². The van der Waals surface area contributed by atoms with Crippen molar-refractivity contribution < 1.29 is 22.8 Å². The van der Waals surface area contributed by atoms with Gasteiger partial charge in [-0.05, 0) is 30.5 Å². The maximum Gasteiger partial charge on any atom is 0.416 e.